The normalized spacial score (nSPS) is 11.3. The van der Waals surface area contributed by atoms with Gasteiger partial charge in [-0.3, -0.25) is 4.79 Å². The first kappa shape index (κ1) is 17.0. The Morgan fingerprint density at radius 2 is 1.84 bits per heavy atom. The fourth-order valence-corrected chi connectivity index (χ4v) is 2.76. The first-order chi connectivity index (χ1) is 12.1. The number of ether oxygens (including phenoxy) is 1. The van der Waals surface area contributed by atoms with E-state index in [2.05, 4.69) is 26.0 Å². The van der Waals surface area contributed by atoms with Crippen LogP contribution in [0, 0.1) is 13.8 Å². The van der Waals surface area contributed by atoms with Crippen molar-refractivity contribution in [3.8, 4) is 0 Å². The number of benzene rings is 2. The second-order valence-electron chi connectivity index (χ2n) is 6.03. The Morgan fingerprint density at radius 3 is 2.56 bits per heavy atom. The van der Waals surface area contributed by atoms with Gasteiger partial charge in [0.25, 0.3) is 0 Å². The van der Waals surface area contributed by atoms with Gasteiger partial charge in [0.1, 0.15) is 12.4 Å². The number of aromatic nitrogens is 2. The highest BCUT2D eigenvalue weighted by Crippen LogP contribution is 2.22. The van der Waals surface area contributed by atoms with Crippen LogP contribution in [0.3, 0.4) is 0 Å². The van der Waals surface area contributed by atoms with Crippen LogP contribution in [0.4, 0.5) is 0 Å². The molecule has 0 saturated heterocycles. The minimum atomic E-state index is -0.255. The molecule has 0 amide bonds. The maximum absolute atomic E-state index is 12.0. The molecule has 0 radical (unpaired) electrons. The largest absolute Gasteiger partial charge is 0.465 e. The van der Waals surface area contributed by atoms with E-state index in [4.69, 9.17) is 9.72 Å². The second-order valence-corrected chi connectivity index (χ2v) is 6.03. The van der Waals surface area contributed by atoms with Crippen LogP contribution in [0.2, 0.25) is 0 Å². The topological polar surface area (TPSA) is 44.1 Å². The van der Waals surface area contributed by atoms with Gasteiger partial charge in [-0.05, 0) is 55.7 Å². The summed E-state index contributed by atoms with van der Waals surface area (Å²) >= 11 is 0. The third kappa shape index (κ3) is 3.79. The molecule has 0 fully saturated rings. The summed E-state index contributed by atoms with van der Waals surface area (Å²) in [7, 11) is 0. The van der Waals surface area contributed by atoms with Crippen LogP contribution in [0.5, 0.6) is 0 Å². The molecular formula is C21H22N2O2. The van der Waals surface area contributed by atoms with Crippen LogP contribution in [0.15, 0.2) is 42.5 Å². The van der Waals surface area contributed by atoms with Crippen LogP contribution >= 0.6 is 0 Å². The van der Waals surface area contributed by atoms with Crippen molar-refractivity contribution in [2.75, 3.05) is 6.61 Å². The van der Waals surface area contributed by atoms with E-state index in [9.17, 15) is 4.79 Å². The molecule has 0 unspecified atom stereocenters. The maximum atomic E-state index is 12.0. The van der Waals surface area contributed by atoms with Crippen molar-refractivity contribution in [1.29, 1.82) is 0 Å². The quantitative estimate of drug-likeness (QED) is 0.650. The minimum absolute atomic E-state index is 0.154. The number of rotatable bonds is 5. The molecule has 0 saturated carbocycles. The van der Waals surface area contributed by atoms with Crippen LogP contribution in [-0.4, -0.2) is 22.1 Å². The van der Waals surface area contributed by atoms with Gasteiger partial charge in [0, 0.05) is 0 Å². The van der Waals surface area contributed by atoms with Gasteiger partial charge in [0.05, 0.1) is 17.6 Å². The van der Waals surface area contributed by atoms with Gasteiger partial charge < -0.3 is 9.30 Å². The molecule has 0 bridgehead atoms. The summed E-state index contributed by atoms with van der Waals surface area (Å²) in [6.07, 6.45) is 3.95. The van der Waals surface area contributed by atoms with Crippen LogP contribution < -0.4 is 0 Å². The van der Waals surface area contributed by atoms with E-state index in [1.54, 1.807) is 0 Å². The number of carbonyl (C=O) groups excluding carboxylic acids is 1. The van der Waals surface area contributed by atoms with Crippen LogP contribution in [-0.2, 0) is 16.1 Å². The lowest BCUT2D eigenvalue weighted by molar-refractivity contribution is -0.143. The first-order valence-electron chi connectivity index (χ1n) is 8.44. The molecule has 1 aromatic heterocycles. The summed E-state index contributed by atoms with van der Waals surface area (Å²) < 4.78 is 7.04. The van der Waals surface area contributed by atoms with Crippen molar-refractivity contribution in [1.82, 2.24) is 9.55 Å². The fraction of sp³-hybridized carbons (Fsp3) is 0.238. The van der Waals surface area contributed by atoms with E-state index in [-0.39, 0.29) is 12.5 Å². The van der Waals surface area contributed by atoms with Crippen molar-refractivity contribution in [2.45, 2.75) is 27.3 Å². The SMILES string of the molecule is CCOC(=O)Cn1c(C=Cc2ccccc2)nc2cc(C)c(C)cc21. The van der Waals surface area contributed by atoms with E-state index in [0.717, 1.165) is 22.4 Å². The smallest absolute Gasteiger partial charge is 0.326 e. The van der Waals surface area contributed by atoms with Gasteiger partial charge in [-0.1, -0.05) is 36.4 Å². The molecule has 0 N–H and O–H groups in total. The molecule has 0 aliphatic heterocycles. The summed E-state index contributed by atoms with van der Waals surface area (Å²) in [6.45, 7) is 6.47. The Balaban J connectivity index is 2.06. The van der Waals surface area contributed by atoms with E-state index >= 15 is 0 Å². The molecule has 2 aromatic carbocycles. The number of carbonyl (C=O) groups is 1. The van der Waals surface area contributed by atoms with Gasteiger partial charge in [-0.2, -0.15) is 0 Å². The Kier molecular flexibility index (Phi) is 4.98. The summed E-state index contributed by atoms with van der Waals surface area (Å²) in [5.74, 6) is 0.492. The standard InChI is InChI=1S/C21H22N2O2/c1-4-25-21(24)14-23-19-13-16(3)15(2)12-18(19)22-20(23)11-10-17-8-6-5-7-9-17/h5-13H,4,14H2,1-3H3. The Bertz CT molecular complexity index is 924. The summed E-state index contributed by atoms with van der Waals surface area (Å²) in [6, 6.07) is 14.2. The van der Waals surface area contributed by atoms with Crippen molar-refractivity contribution in [3.05, 3.63) is 65.0 Å². The van der Waals surface area contributed by atoms with Crippen molar-refractivity contribution in [2.24, 2.45) is 0 Å². The molecule has 0 aliphatic rings. The lowest BCUT2D eigenvalue weighted by Crippen LogP contribution is -2.14. The average molecular weight is 334 g/mol. The van der Waals surface area contributed by atoms with Crippen molar-refractivity contribution >= 4 is 29.2 Å². The number of fused-ring (bicyclic) bond motifs is 1. The highest BCUT2D eigenvalue weighted by Gasteiger charge is 2.14. The molecule has 4 heteroatoms. The maximum Gasteiger partial charge on any atom is 0.326 e. The molecule has 25 heavy (non-hydrogen) atoms. The third-order valence-corrected chi connectivity index (χ3v) is 4.21. The van der Waals surface area contributed by atoms with Gasteiger partial charge in [-0.25, -0.2) is 4.98 Å². The number of hydrogen-bond donors (Lipinski definition) is 0. The van der Waals surface area contributed by atoms with E-state index < -0.39 is 0 Å². The Hall–Kier alpha value is -2.88. The van der Waals surface area contributed by atoms with E-state index in [1.165, 1.54) is 11.1 Å². The van der Waals surface area contributed by atoms with Gasteiger partial charge in [0.2, 0.25) is 0 Å². The summed E-state index contributed by atoms with van der Waals surface area (Å²) in [4.78, 5) is 16.7. The Labute approximate surface area is 147 Å². The zero-order valence-electron chi connectivity index (χ0n) is 14.8. The molecular weight excluding hydrogens is 312 g/mol. The predicted octanol–water partition coefficient (Wildman–Crippen LogP) is 4.39. The van der Waals surface area contributed by atoms with Crippen LogP contribution in [0.1, 0.15) is 29.4 Å². The lowest BCUT2D eigenvalue weighted by atomic mass is 10.1. The lowest BCUT2D eigenvalue weighted by Gasteiger charge is -2.08. The van der Waals surface area contributed by atoms with E-state index in [1.807, 2.05) is 54.0 Å². The zero-order valence-corrected chi connectivity index (χ0v) is 14.8. The molecule has 3 aromatic rings. The molecule has 4 nitrogen and oxygen atoms in total. The molecule has 0 aliphatic carbocycles. The van der Waals surface area contributed by atoms with Gasteiger partial charge in [0.15, 0.2) is 0 Å². The molecule has 0 spiro atoms. The van der Waals surface area contributed by atoms with Crippen molar-refractivity contribution < 1.29 is 9.53 Å². The summed E-state index contributed by atoms with van der Waals surface area (Å²) in [5, 5.41) is 0. The molecule has 128 valence electrons. The first-order valence-corrected chi connectivity index (χ1v) is 8.44. The highest BCUT2D eigenvalue weighted by molar-refractivity contribution is 5.83. The minimum Gasteiger partial charge on any atom is -0.465 e. The number of hydrogen-bond acceptors (Lipinski definition) is 3. The van der Waals surface area contributed by atoms with Crippen LogP contribution in [0.25, 0.3) is 23.2 Å². The zero-order chi connectivity index (χ0) is 17.8. The van der Waals surface area contributed by atoms with Crippen molar-refractivity contribution in [3.63, 3.8) is 0 Å². The number of nitrogens with zero attached hydrogens (tertiary/aromatic N) is 2. The highest BCUT2D eigenvalue weighted by atomic mass is 16.5. The van der Waals surface area contributed by atoms with Gasteiger partial charge >= 0.3 is 5.97 Å². The fourth-order valence-electron chi connectivity index (χ4n) is 2.76. The predicted molar refractivity (Wildman–Crippen MR) is 101 cm³/mol. The molecule has 0 atom stereocenters. The van der Waals surface area contributed by atoms with Gasteiger partial charge in [-0.15, -0.1) is 0 Å². The third-order valence-electron chi connectivity index (χ3n) is 4.21. The monoisotopic (exact) mass is 334 g/mol. The summed E-state index contributed by atoms with van der Waals surface area (Å²) in [5.41, 5.74) is 5.29. The second kappa shape index (κ2) is 7.34. The molecule has 1 heterocycles. The number of aryl methyl sites for hydroxylation is 2. The number of esters is 1. The molecule has 3 rings (SSSR count). The number of imidazole rings is 1. The Morgan fingerprint density at radius 1 is 1.12 bits per heavy atom. The average Bonchev–Trinajstić information content (AvgIpc) is 2.91. The van der Waals surface area contributed by atoms with E-state index in [0.29, 0.717) is 6.61 Å².